The zero-order chi connectivity index (χ0) is 27.9. The number of ether oxygens (including phenoxy) is 3. The molecular weight excluding hydrogens is 528 g/mol. The Bertz CT molecular complexity index is 1560. The van der Waals surface area contributed by atoms with Crippen LogP contribution in [0, 0.1) is 0 Å². The number of rotatable bonds is 7. The van der Waals surface area contributed by atoms with E-state index in [0.717, 1.165) is 11.1 Å². The summed E-state index contributed by atoms with van der Waals surface area (Å²) in [7, 11) is 3.10. The van der Waals surface area contributed by atoms with Gasteiger partial charge in [-0.05, 0) is 29.3 Å². The fraction of sp³-hybridized carbons (Fsp3) is 0.188. The number of methoxy groups -OCH3 is 2. The largest absolute Gasteiger partial charge is 0.496 e. The Morgan fingerprint density at radius 1 is 0.825 bits per heavy atom. The minimum Gasteiger partial charge on any atom is -0.496 e. The quantitative estimate of drug-likeness (QED) is 0.285. The number of fused-ring (bicyclic) bond motifs is 3. The van der Waals surface area contributed by atoms with Crippen molar-refractivity contribution in [3.63, 3.8) is 0 Å². The molecule has 202 valence electrons. The Morgan fingerprint density at radius 3 is 2.10 bits per heavy atom. The number of carbonyl (C=O) groups excluding carboxylic acids is 2. The molecule has 2 heterocycles. The zero-order valence-electron chi connectivity index (χ0n) is 22.0. The SMILES string of the molecule is COc1cc(OC)cc(O[C@@H]2C(=O)N3CC(=O)N(Cc4ccccc4)c4ccc(Cl)cc4[C@]23c2ccccc2)c1. The number of halogens is 1. The van der Waals surface area contributed by atoms with Crippen LogP contribution in [0.3, 0.4) is 0 Å². The summed E-state index contributed by atoms with van der Waals surface area (Å²) in [4.78, 5) is 31.0. The third kappa shape index (κ3) is 4.14. The van der Waals surface area contributed by atoms with Gasteiger partial charge >= 0.3 is 0 Å². The minimum atomic E-state index is -1.12. The first-order chi connectivity index (χ1) is 19.4. The predicted octanol–water partition coefficient (Wildman–Crippen LogP) is 5.44. The third-order valence-electron chi connectivity index (χ3n) is 7.53. The summed E-state index contributed by atoms with van der Waals surface area (Å²) in [5.41, 5.74) is 2.06. The molecule has 2 atom stereocenters. The minimum absolute atomic E-state index is 0.117. The molecule has 0 aromatic heterocycles. The lowest BCUT2D eigenvalue weighted by Gasteiger charge is -2.56. The summed E-state index contributed by atoms with van der Waals surface area (Å²) in [6.07, 6.45) is -0.978. The van der Waals surface area contributed by atoms with Crippen molar-refractivity contribution in [2.45, 2.75) is 18.2 Å². The van der Waals surface area contributed by atoms with E-state index in [9.17, 15) is 9.59 Å². The summed E-state index contributed by atoms with van der Waals surface area (Å²) in [6.45, 7) is 0.230. The summed E-state index contributed by atoms with van der Waals surface area (Å²) >= 11 is 6.60. The van der Waals surface area contributed by atoms with Crippen LogP contribution in [-0.4, -0.2) is 43.6 Å². The molecule has 4 aromatic rings. The molecule has 0 radical (unpaired) electrons. The highest BCUT2D eigenvalue weighted by Gasteiger charge is 2.66. The maximum atomic E-state index is 13.9. The van der Waals surface area contributed by atoms with Gasteiger partial charge < -0.3 is 24.0 Å². The number of nitrogens with zero attached hydrogens (tertiary/aromatic N) is 2. The number of hydrogen-bond acceptors (Lipinski definition) is 5. The molecule has 1 fully saturated rings. The predicted molar refractivity (Wildman–Crippen MR) is 152 cm³/mol. The lowest BCUT2D eigenvalue weighted by Crippen LogP contribution is -2.74. The van der Waals surface area contributed by atoms with Crippen molar-refractivity contribution in [3.05, 3.63) is 119 Å². The first-order valence-corrected chi connectivity index (χ1v) is 13.2. The van der Waals surface area contributed by atoms with E-state index in [2.05, 4.69) is 0 Å². The molecule has 0 saturated carbocycles. The van der Waals surface area contributed by atoms with Crippen molar-refractivity contribution in [3.8, 4) is 17.2 Å². The van der Waals surface area contributed by atoms with E-state index in [1.807, 2.05) is 72.8 Å². The number of β-lactam (4-membered cyclic amide) rings is 1. The molecule has 4 aromatic carbocycles. The molecule has 2 aliphatic rings. The fourth-order valence-corrected chi connectivity index (χ4v) is 5.85. The standard InChI is InChI=1S/C32H27ClN2O5/c1-38-24-16-25(39-2)18-26(17-24)40-30-31(37)35-20-29(36)34(19-21-9-5-3-6-10-21)28-14-13-23(33)15-27(28)32(30,35)22-11-7-4-8-12-22/h3-18,30H,19-20H2,1-2H3/t30-,32-/m1/s1. The van der Waals surface area contributed by atoms with Gasteiger partial charge in [-0.25, -0.2) is 0 Å². The Labute approximate surface area is 237 Å². The Balaban J connectivity index is 1.55. The summed E-state index contributed by atoms with van der Waals surface area (Å²) in [6, 6.07) is 30.0. The van der Waals surface area contributed by atoms with Crippen LogP contribution >= 0.6 is 11.6 Å². The molecule has 0 aliphatic carbocycles. The number of hydrogen-bond donors (Lipinski definition) is 0. The molecule has 40 heavy (non-hydrogen) atoms. The lowest BCUT2D eigenvalue weighted by molar-refractivity contribution is -0.177. The molecule has 6 rings (SSSR count). The van der Waals surface area contributed by atoms with Crippen molar-refractivity contribution >= 4 is 29.1 Å². The highest BCUT2D eigenvalue weighted by Crippen LogP contribution is 2.54. The summed E-state index contributed by atoms with van der Waals surface area (Å²) < 4.78 is 17.3. The average Bonchev–Trinajstić information content (AvgIpc) is 3.08. The van der Waals surface area contributed by atoms with Crippen LogP contribution in [-0.2, 0) is 21.7 Å². The van der Waals surface area contributed by atoms with E-state index >= 15 is 0 Å². The molecule has 7 nitrogen and oxygen atoms in total. The normalized spacial score (nSPS) is 19.7. The Kier molecular flexibility index (Phi) is 6.60. The van der Waals surface area contributed by atoms with E-state index in [1.165, 1.54) is 0 Å². The third-order valence-corrected chi connectivity index (χ3v) is 7.76. The van der Waals surface area contributed by atoms with Gasteiger partial charge in [0.15, 0.2) is 0 Å². The van der Waals surface area contributed by atoms with Crippen LogP contribution in [0.4, 0.5) is 5.69 Å². The van der Waals surface area contributed by atoms with Gasteiger partial charge in [0.25, 0.3) is 5.91 Å². The van der Waals surface area contributed by atoms with E-state index in [0.29, 0.717) is 40.1 Å². The molecule has 0 bridgehead atoms. The second-order valence-corrected chi connectivity index (χ2v) is 10.2. The first kappa shape index (κ1) is 25.8. The molecule has 2 amide bonds. The first-order valence-electron chi connectivity index (χ1n) is 12.9. The molecule has 0 N–H and O–H groups in total. The van der Waals surface area contributed by atoms with Crippen molar-refractivity contribution in [1.82, 2.24) is 4.90 Å². The van der Waals surface area contributed by atoms with E-state index in [1.54, 1.807) is 48.3 Å². The molecule has 0 spiro atoms. The van der Waals surface area contributed by atoms with E-state index in [-0.39, 0.29) is 18.4 Å². The van der Waals surface area contributed by atoms with E-state index < -0.39 is 11.6 Å². The van der Waals surface area contributed by atoms with E-state index in [4.69, 9.17) is 25.8 Å². The topological polar surface area (TPSA) is 68.3 Å². The summed E-state index contributed by atoms with van der Waals surface area (Å²) in [5, 5.41) is 0.490. The highest BCUT2D eigenvalue weighted by atomic mass is 35.5. The number of benzene rings is 4. The van der Waals surface area contributed by atoms with Crippen LogP contribution in [0.2, 0.25) is 5.02 Å². The summed E-state index contributed by atoms with van der Waals surface area (Å²) in [5.74, 6) is 0.969. The lowest BCUT2D eigenvalue weighted by atomic mass is 9.69. The zero-order valence-corrected chi connectivity index (χ0v) is 22.8. The van der Waals surface area contributed by atoms with Gasteiger partial charge in [0.1, 0.15) is 29.3 Å². The fourth-order valence-electron chi connectivity index (χ4n) is 5.68. The van der Waals surface area contributed by atoms with Crippen LogP contribution in [0.25, 0.3) is 0 Å². The van der Waals surface area contributed by atoms with Crippen molar-refractivity contribution in [2.24, 2.45) is 0 Å². The number of carbonyl (C=O) groups is 2. The average molecular weight is 555 g/mol. The van der Waals surface area contributed by atoms with Crippen LogP contribution < -0.4 is 19.1 Å². The number of anilines is 1. The monoisotopic (exact) mass is 554 g/mol. The molecule has 8 heteroatoms. The van der Waals surface area contributed by atoms with Crippen molar-refractivity contribution in [1.29, 1.82) is 0 Å². The maximum Gasteiger partial charge on any atom is 0.268 e. The maximum absolute atomic E-state index is 13.9. The van der Waals surface area contributed by atoms with Crippen LogP contribution in [0.5, 0.6) is 17.2 Å². The molecule has 1 saturated heterocycles. The van der Waals surface area contributed by atoms with Crippen LogP contribution in [0.1, 0.15) is 16.7 Å². The molecule has 0 unspecified atom stereocenters. The van der Waals surface area contributed by atoms with Gasteiger partial charge in [0.05, 0.1) is 26.5 Å². The smallest absolute Gasteiger partial charge is 0.268 e. The van der Waals surface area contributed by atoms with Crippen molar-refractivity contribution < 1.29 is 23.8 Å². The van der Waals surface area contributed by atoms with Crippen molar-refractivity contribution in [2.75, 3.05) is 25.7 Å². The van der Waals surface area contributed by atoms with Gasteiger partial charge in [-0.1, -0.05) is 72.3 Å². The molecule has 2 aliphatic heterocycles. The second-order valence-electron chi connectivity index (χ2n) is 9.73. The number of amides is 2. The van der Waals surface area contributed by atoms with Gasteiger partial charge in [-0.2, -0.15) is 0 Å². The molecular formula is C32H27ClN2O5. The Hall–Kier alpha value is -4.49. The van der Waals surface area contributed by atoms with Crippen LogP contribution in [0.15, 0.2) is 97.1 Å². The Morgan fingerprint density at radius 2 is 1.45 bits per heavy atom. The highest BCUT2D eigenvalue weighted by molar-refractivity contribution is 6.30. The van der Waals surface area contributed by atoms with Gasteiger partial charge in [-0.15, -0.1) is 0 Å². The van der Waals surface area contributed by atoms with Gasteiger partial charge in [0.2, 0.25) is 12.0 Å². The van der Waals surface area contributed by atoms with Gasteiger partial charge in [-0.3, -0.25) is 9.59 Å². The second kappa shape index (κ2) is 10.2. The van der Waals surface area contributed by atoms with Gasteiger partial charge in [0, 0.05) is 28.8 Å².